The summed E-state index contributed by atoms with van der Waals surface area (Å²) < 4.78 is 9.74. The number of carbonyl (C=O) groups excluding carboxylic acids is 2. The number of halogens is 1. The quantitative estimate of drug-likeness (QED) is 0.303. The molecule has 0 aliphatic carbocycles. The van der Waals surface area contributed by atoms with Gasteiger partial charge in [-0.15, -0.1) is 0 Å². The van der Waals surface area contributed by atoms with E-state index in [9.17, 15) is 19.7 Å². The number of rotatable bonds is 6. The lowest BCUT2D eigenvalue weighted by Gasteiger charge is -2.22. The highest BCUT2D eigenvalue weighted by atomic mass is 127. The number of nitro groups is 1. The van der Waals surface area contributed by atoms with Gasteiger partial charge in [-0.3, -0.25) is 19.7 Å². The standard InChI is InChI=1S/C12H13IN2O6/c1-20-11(16)6-14(7-12(17)21-2)9-4-3-8(13)5-10(9)15(18)19/h3-5H,6-7H2,1-2H3. The van der Waals surface area contributed by atoms with Crippen LogP contribution in [0.15, 0.2) is 18.2 Å². The molecule has 1 aromatic carbocycles. The summed E-state index contributed by atoms with van der Waals surface area (Å²) in [5, 5.41) is 11.1. The van der Waals surface area contributed by atoms with Crippen LogP contribution in [-0.2, 0) is 19.1 Å². The van der Waals surface area contributed by atoms with E-state index in [1.807, 2.05) is 22.6 Å². The molecule has 0 fully saturated rings. The van der Waals surface area contributed by atoms with E-state index in [-0.39, 0.29) is 24.5 Å². The fraction of sp³-hybridized carbons (Fsp3) is 0.333. The van der Waals surface area contributed by atoms with Gasteiger partial charge < -0.3 is 14.4 Å². The smallest absolute Gasteiger partial charge is 0.325 e. The van der Waals surface area contributed by atoms with Gasteiger partial charge in [-0.1, -0.05) is 0 Å². The van der Waals surface area contributed by atoms with Crippen LogP contribution >= 0.6 is 22.6 Å². The molecule has 0 bridgehead atoms. The first-order valence-corrected chi connectivity index (χ1v) is 6.79. The van der Waals surface area contributed by atoms with Crippen molar-refractivity contribution in [2.45, 2.75) is 0 Å². The predicted molar refractivity (Wildman–Crippen MR) is 82.1 cm³/mol. The number of hydrogen-bond acceptors (Lipinski definition) is 7. The van der Waals surface area contributed by atoms with Crippen molar-refractivity contribution in [2.24, 2.45) is 0 Å². The van der Waals surface area contributed by atoms with E-state index >= 15 is 0 Å². The summed E-state index contributed by atoms with van der Waals surface area (Å²) in [7, 11) is 2.39. The largest absolute Gasteiger partial charge is 0.468 e. The highest BCUT2D eigenvalue weighted by Gasteiger charge is 2.24. The van der Waals surface area contributed by atoms with Crippen LogP contribution in [0.5, 0.6) is 0 Å². The third-order valence-corrected chi connectivity index (χ3v) is 3.24. The Labute approximate surface area is 134 Å². The number of hydrogen-bond donors (Lipinski definition) is 0. The summed E-state index contributed by atoms with van der Waals surface area (Å²) in [5.74, 6) is -1.24. The van der Waals surface area contributed by atoms with Gasteiger partial charge >= 0.3 is 11.9 Å². The fourth-order valence-corrected chi connectivity index (χ4v) is 2.05. The van der Waals surface area contributed by atoms with Crippen molar-refractivity contribution < 1.29 is 24.0 Å². The van der Waals surface area contributed by atoms with Gasteiger partial charge in [0.2, 0.25) is 0 Å². The Bertz CT molecular complexity index is 545. The molecule has 0 amide bonds. The maximum Gasteiger partial charge on any atom is 0.325 e. The number of ether oxygens (including phenoxy) is 2. The van der Waals surface area contributed by atoms with Crippen molar-refractivity contribution in [1.29, 1.82) is 0 Å². The molecule has 0 aromatic heterocycles. The summed E-state index contributed by atoms with van der Waals surface area (Å²) >= 11 is 1.94. The first kappa shape index (κ1) is 17.1. The van der Waals surface area contributed by atoms with Crippen LogP contribution < -0.4 is 4.90 Å². The van der Waals surface area contributed by atoms with Gasteiger partial charge in [-0.05, 0) is 34.7 Å². The van der Waals surface area contributed by atoms with E-state index in [0.717, 1.165) is 0 Å². The molecule has 0 unspecified atom stereocenters. The van der Waals surface area contributed by atoms with Crippen LogP contribution in [0, 0.1) is 13.7 Å². The van der Waals surface area contributed by atoms with E-state index < -0.39 is 16.9 Å². The Morgan fingerprint density at radius 3 is 2.19 bits per heavy atom. The molecular weight excluding hydrogens is 395 g/mol. The zero-order chi connectivity index (χ0) is 16.0. The molecule has 114 valence electrons. The zero-order valence-electron chi connectivity index (χ0n) is 11.4. The number of anilines is 1. The number of nitrogens with zero attached hydrogens (tertiary/aromatic N) is 2. The lowest BCUT2D eigenvalue weighted by Crippen LogP contribution is -2.36. The highest BCUT2D eigenvalue weighted by Crippen LogP contribution is 2.29. The SMILES string of the molecule is COC(=O)CN(CC(=O)OC)c1ccc(I)cc1[N+](=O)[O-]. The zero-order valence-corrected chi connectivity index (χ0v) is 13.5. The summed E-state index contributed by atoms with van der Waals surface area (Å²) in [5.41, 5.74) is -0.0501. The number of methoxy groups -OCH3 is 2. The molecule has 0 saturated carbocycles. The molecule has 0 atom stereocenters. The lowest BCUT2D eigenvalue weighted by molar-refractivity contribution is -0.384. The van der Waals surface area contributed by atoms with Crippen molar-refractivity contribution in [3.63, 3.8) is 0 Å². The molecule has 0 aliphatic heterocycles. The molecule has 0 spiro atoms. The molecule has 1 aromatic rings. The van der Waals surface area contributed by atoms with E-state index in [1.165, 1.54) is 31.3 Å². The average Bonchev–Trinajstić information content (AvgIpc) is 2.45. The Hall–Kier alpha value is -1.91. The second kappa shape index (κ2) is 7.76. The first-order chi connectivity index (χ1) is 9.88. The van der Waals surface area contributed by atoms with Gasteiger partial charge in [0.25, 0.3) is 5.69 Å². The third kappa shape index (κ3) is 4.85. The monoisotopic (exact) mass is 408 g/mol. The van der Waals surface area contributed by atoms with Crippen LogP contribution in [-0.4, -0.2) is 44.2 Å². The number of esters is 2. The van der Waals surface area contributed by atoms with Gasteiger partial charge in [-0.25, -0.2) is 0 Å². The molecule has 0 heterocycles. The van der Waals surface area contributed by atoms with Crippen LogP contribution in [0.25, 0.3) is 0 Å². The van der Waals surface area contributed by atoms with E-state index in [0.29, 0.717) is 3.57 Å². The molecule has 0 saturated heterocycles. The Balaban J connectivity index is 3.21. The summed E-state index contributed by atoms with van der Waals surface area (Å²) in [6.07, 6.45) is 0. The van der Waals surface area contributed by atoms with Crippen LogP contribution in [0.2, 0.25) is 0 Å². The van der Waals surface area contributed by atoms with Crippen LogP contribution in [0.4, 0.5) is 11.4 Å². The molecule has 21 heavy (non-hydrogen) atoms. The number of carbonyl (C=O) groups is 2. The maximum atomic E-state index is 11.4. The van der Waals surface area contributed by atoms with Crippen LogP contribution in [0.1, 0.15) is 0 Å². The summed E-state index contributed by atoms with van der Waals surface area (Å²) in [6.45, 7) is -0.597. The van der Waals surface area contributed by atoms with Crippen molar-refractivity contribution in [1.82, 2.24) is 0 Å². The van der Waals surface area contributed by atoms with E-state index in [1.54, 1.807) is 6.07 Å². The summed E-state index contributed by atoms with van der Waals surface area (Å²) in [6, 6.07) is 4.48. The minimum absolute atomic E-state index is 0.149. The Morgan fingerprint density at radius 2 is 1.76 bits per heavy atom. The second-order valence-electron chi connectivity index (χ2n) is 3.90. The van der Waals surface area contributed by atoms with Gasteiger partial charge in [0.15, 0.2) is 0 Å². The minimum Gasteiger partial charge on any atom is -0.468 e. The minimum atomic E-state index is -0.619. The molecular formula is C12H13IN2O6. The molecule has 8 nitrogen and oxygen atoms in total. The Kier molecular flexibility index (Phi) is 6.34. The van der Waals surface area contributed by atoms with E-state index in [4.69, 9.17) is 0 Å². The second-order valence-corrected chi connectivity index (χ2v) is 5.14. The van der Waals surface area contributed by atoms with Gasteiger partial charge in [0.1, 0.15) is 18.8 Å². The maximum absolute atomic E-state index is 11.4. The van der Waals surface area contributed by atoms with Crippen molar-refractivity contribution in [2.75, 3.05) is 32.2 Å². The first-order valence-electron chi connectivity index (χ1n) is 5.71. The number of benzene rings is 1. The van der Waals surface area contributed by atoms with Gasteiger partial charge in [0.05, 0.1) is 19.1 Å². The van der Waals surface area contributed by atoms with Gasteiger partial charge in [0, 0.05) is 9.64 Å². The highest BCUT2D eigenvalue weighted by molar-refractivity contribution is 14.1. The molecule has 9 heteroatoms. The molecule has 0 radical (unpaired) electrons. The predicted octanol–water partition coefficient (Wildman–Crippen LogP) is 1.35. The number of nitro benzene ring substituents is 1. The van der Waals surface area contributed by atoms with E-state index in [2.05, 4.69) is 9.47 Å². The topological polar surface area (TPSA) is 99.0 Å². The van der Waals surface area contributed by atoms with Gasteiger partial charge in [-0.2, -0.15) is 0 Å². The van der Waals surface area contributed by atoms with Crippen molar-refractivity contribution in [3.05, 3.63) is 31.9 Å². The molecule has 0 aliphatic rings. The van der Waals surface area contributed by atoms with Crippen molar-refractivity contribution >= 4 is 45.9 Å². The van der Waals surface area contributed by atoms with Crippen molar-refractivity contribution in [3.8, 4) is 0 Å². The normalized spacial score (nSPS) is 9.86. The third-order valence-electron chi connectivity index (χ3n) is 2.57. The average molecular weight is 408 g/mol. The Morgan fingerprint density at radius 1 is 1.24 bits per heavy atom. The van der Waals surface area contributed by atoms with Crippen LogP contribution in [0.3, 0.4) is 0 Å². The fourth-order valence-electron chi connectivity index (χ4n) is 1.58. The summed E-state index contributed by atoms with van der Waals surface area (Å²) in [4.78, 5) is 34.7. The lowest BCUT2D eigenvalue weighted by atomic mass is 10.2. The molecule has 1 rings (SSSR count). The molecule has 0 N–H and O–H groups in total.